The van der Waals surface area contributed by atoms with E-state index in [-0.39, 0.29) is 13.2 Å². The average Bonchev–Trinajstić information content (AvgIpc) is 2.73. The summed E-state index contributed by atoms with van der Waals surface area (Å²) in [5.41, 5.74) is 0. The van der Waals surface area contributed by atoms with Crippen molar-refractivity contribution in [3.8, 4) is 0 Å². The number of carbonyl (C=O) groups excluding carboxylic acids is 2. The lowest BCUT2D eigenvalue weighted by Gasteiger charge is -2.14. The van der Waals surface area contributed by atoms with Crippen molar-refractivity contribution in [3.05, 3.63) is 23.7 Å². The lowest BCUT2D eigenvalue weighted by atomic mass is 10.2. The minimum absolute atomic E-state index is 0.221. The molecule has 6 nitrogen and oxygen atoms in total. The molecular weight excluding hydrogens is 238 g/mol. The quantitative estimate of drug-likeness (QED) is 0.813. The van der Waals surface area contributed by atoms with Gasteiger partial charge < -0.3 is 19.2 Å². The molecule has 100 valence electrons. The van der Waals surface area contributed by atoms with Gasteiger partial charge in [-0.2, -0.15) is 0 Å². The highest BCUT2D eigenvalue weighted by molar-refractivity contribution is 5.82. The number of ether oxygens (including phenoxy) is 2. The van der Waals surface area contributed by atoms with Gasteiger partial charge in [-0.05, 0) is 32.9 Å². The van der Waals surface area contributed by atoms with Crippen LogP contribution in [-0.4, -0.2) is 25.3 Å². The first-order chi connectivity index (χ1) is 8.58. The fourth-order valence-electron chi connectivity index (χ4n) is 1.37. The van der Waals surface area contributed by atoms with Crippen LogP contribution in [0.2, 0.25) is 0 Å². The maximum Gasteiger partial charge on any atom is 0.408 e. The van der Waals surface area contributed by atoms with Crippen molar-refractivity contribution in [1.29, 1.82) is 0 Å². The summed E-state index contributed by atoms with van der Waals surface area (Å²) in [5.74, 6) is 0.379. The van der Waals surface area contributed by atoms with Crippen molar-refractivity contribution >= 4 is 12.1 Å². The summed E-state index contributed by atoms with van der Waals surface area (Å²) in [6.07, 6.45) is -0.690. The van der Waals surface area contributed by atoms with Crippen LogP contribution < -0.4 is 5.32 Å². The Kier molecular flexibility index (Phi) is 5.23. The van der Waals surface area contributed by atoms with Crippen molar-refractivity contribution in [2.75, 3.05) is 13.2 Å². The van der Waals surface area contributed by atoms with E-state index < -0.39 is 18.1 Å². The Hall–Kier alpha value is -1.98. The van der Waals surface area contributed by atoms with Crippen molar-refractivity contribution in [2.24, 2.45) is 0 Å². The number of hydrogen-bond donors (Lipinski definition) is 1. The molecule has 0 bridgehead atoms. The molecule has 0 aliphatic rings. The van der Waals surface area contributed by atoms with Crippen LogP contribution in [0.1, 0.15) is 31.4 Å². The van der Waals surface area contributed by atoms with Gasteiger partial charge in [0.1, 0.15) is 11.5 Å². The molecule has 0 unspecified atom stereocenters. The lowest BCUT2D eigenvalue weighted by Crippen LogP contribution is -2.35. The molecule has 6 heteroatoms. The smallest absolute Gasteiger partial charge is 0.408 e. The predicted molar refractivity (Wildman–Crippen MR) is 63.0 cm³/mol. The lowest BCUT2D eigenvalue weighted by molar-refractivity contribution is -0.146. The van der Waals surface area contributed by atoms with Crippen LogP contribution in [0.3, 0.4) is 0 Å². The van der Waals surface area contributed by atoms with Gasteiger partial charge in [-0.15, -0.1) is 0 Å². The second kappa shape index (κ2) is 6.68. The Labute approximate surface area is 105 Å². The highest BCUT2D eigenvalue weighted by atomic mass is 16.6. The molecule has 1 rings (SSSR count). The first kappa shape index (κ1) is 14.1. The zero-order valence-corrected chi connectivity index (χ0v) is 10.7. The van der Waals surface area contributed by atoms with Crippen molar-refractivity contribution in [1.82, 2.24) is 5.32 Å². The maximum absolute atomic E-state index is 11.7. The minimum atomic E-state index is -0.988. The second-order valence-electron chi connectivity index (χ2n) is 3.50. The molecule has 0 aliphatic carbocycles. The Morgan fingerprint density at radius 3 is 2.44 bits per heavy atom. The van der Waals surface area contributed by atoms with Crippen LogP contribution in [-0.2, 0) is 14.3 Å². The van der Waals surface area contributed by atoms with E-state index in [9.17, 15) is 9.59 Å². The molecule has 18 heavy (non-hydrogen) atoms. The minimum Gasteiger partial charge on any atom is -0.464 e. The molecule has 0 radical (unpaired) electrons. The molecule has 1 N–H and O–H groups in total. The monoisotopic (exact) mass is 255 g/mol. The van der Waals surface area contributed by atoms with E-state index in [0.29, 0.717) is 11.5 Å². The molecule has 1 heterocycles. The fourth-order valence-corrected chi connectivity index (χ4v) is 1.37. The van der Waals surface area contributed by atoms with Crippen LogP contribution in [0.4, 0.5) is 4.79 Å². The number of carbonyl (C=O) groups is 2. The molecule has 1 aromatic heterocycles. The molecule has 0 fully saturated rings. The Morgan fingerprint density at radius 1 is 1.28 bits per heavy atom. The fraction of sp³-hybridized carbons (Fsp3) is 0.500. The van der Waals surface area contributed by atoms with Crippen LogP contribution in [0.15, 0.2) is 16.5 Å². The summed E-state index contributed by atoms with van der Waals surface area (Å²) in [7, 11) is 0. The van der Waals surface area contributed by atoms with Crippen LogP contribution in [0, 0.1) is 6.92 Å². The van der Waals surface area contributed by atoms with Crippen molar-refractivity contribution in [2.45, 2.75) is 26.8 Å². The van der Waals surface area contributed by atoms with E-state index in [1.807, 2.05) is 0 Å². The van der Waals surface area contributed by atoms with E-state index in [0.717, 1.165) is 0 Å². The molecule has 0 spiro atoms. The Bertz CT molecular complexity index is 412. The third-order valence-electron chi connectivity index (χ3n) is 2.11. The number of aryl methyl sites for hydroxylation is 1. The standard InChI is InChI=1S/C12H17NO5/c1-4-16-11(14)10(13-12(15)17-5-2)9-7-6-8(3)18-9/h6-7,10H,4-5H2,1-3H3,(H,13,15)/t10-/m1/s1. The number of rotatable bonds is 5. The molecule has 1 atom stereocenters. The van der Waals surface area contributed by atoms with Crippen LogP contribution in [0.25, 0.3) is 0 Å². The molecule has 1 aromatic rings. The highest BCUT2D eigenvalue weighted by Gasteiger charge is 2.27. The average molecular weight is 255 g/mol. The van der Waals surface area contributed by atoms with E-state index >= 15 is 0 Å². The Balaban J connectivity index is 2.81. The molecular formula is C12H17NO5. The van der Waals surface area contributed by atoms with E-state index in [1.54, 1.807) is 32.9 Å². The second-order valence-corrected chi connectivity index (χ2v) is 3.50. The number of hydrogen-bond acceptors (Lipinski definition) is 5. The summed E-state index contributed by atoms with van der Waals surface area (Å²) in [6, 6.07) is 2.33. The first-order valence-corrected chi connectivity index (χ1v) is 5.74. The van der Waals surface area contributed by atoms with Gasteiger partial charge in [0.2, 0.25) is 0 Å². The van der Waals surface area contributed by atoms with Gasteiger partial charge in [-0.3, -0.25) is 0 Å². The third kappa shape index (κ3) is 3.80. The highest BCUT2D eigenvalue weighted by Crippen LogP contribution is 2.18. The van der Waals surface area contributed by atoms with Gasteiger partial charge >= 0.3 is 12.1 Å². The first-order valence-electron chi connectivity index (χ1n) is 5.74. The molecule has 1 amide bonds. The predicted octanol–water partition coefficient (Wildman–Crippen LogP) is 1.94. The topological polar surface area (TPSA) is 77.8 Å². The number of furan rings is 1. The van der Waals surface area contributed by atoms with Gasteiger partial charge in [0.05, 0.1) is 13.2 Å². The zero-order valence-electron chi connectivity index (χ0n) is 10.7. The third-order valence-corrected chi connectivity index (χ3v) is 2.11. The van der Waals surface area contributed by atoms with E-state index in [2.05, 4.69) is 5.32 Å². The maximum atomic E-state index is 11.7. The molecule has 0 aliphatic heterocycles. The SMILES string of the molecule is CCOC(=O)N[C@@H](C(=O)OCC)c1ccc(C)o1. The summed E-state index contributed by atoms with van der Waals surface area (Å²) in [6.45, 7) is 5.55. The zero-order chi connectivity index (χ0) is 13.5. The summed E-state index contributed by atoms with van der Waals surface area (Å²) >= 11 is 0. The summed E-state index contributed by atoms with van der Waals surface area (Å²) in [5, 5.41) is 2.40. The summed E-state index contributed by atoms with van der Waals surface area (Å²) < 4.78 is 14.9. The largest absolute Gasteiger partial charge is 0.464 e. The molecule has 0 aromatic carbocycles. The van der Waals surface area contributed by atoms with Gasteiger partial charge in [0.15, 0.2) is 6.04 Å². The van der Waals surface area contributed by atoms with Crippen LogP contribution in [0.5, 0.6) is 0 Å². The van der Waals surface area contributed by atoms with Gasteiger partial charge in [0, 0.05) is 0 Å². The van der Waals surface area contributed by atoms with E-state index in [1.165, 1.54) is 0 Å². The molecule has 0 saturated carbocycles. The van der Waals surface area contributed by atoms with Crippen molar-refractivity contribution < 1.29 is 23.5 Å². The van der Waals surface area contributed by atoms with E-state index in [4.69, 9.17) is 13.9 Å². The number of esters is 1. The van der Waals surface area contributed by atoms with Gasteiger partial charge in [-0.25, -0.2) is 9.59 Å². The summed E-state index contributed by atoms with van der Waals surface area (Å²) in [4.78, 5) is 23.1. The normalized spacial score (nSPS) is 11.7. The van der Waals surface area contributed by atoms with Crippen molar-refractivity contribution in [3.63, 3.8) is 0 Å². The van der Waals surface area contributed by atoms with Crippen LogP contribution >= 0.6 is 0 Å². The van der Waals surface area contributed by atoms with Gasteiger partial charge in [0.25, 0.3) is 0 Å². The van der Waals surface area contributed by atoms with Gasteiger partial charge in [-0.1, -0.05) is 0 Å². The number of nitrogens with one attached hydrogen (secondary N) is 1. The number of amides is 1. The molecule has 0 saturated heterocycles. The Morgan fingerprint density at radius 2 is 1.94 bits per heavy atom. The number of alkyl carbamates (subject to hydrolysis) is 1.